The minimum atomic E-state index is -0.827. The highest BCUT2D eigenvalue weighted by Gasteiger charge is 2.44. The molecule has 1 N–H and O–H groups in total. The molecule has 1 atom stereocenters. The van der Waals surface area contributed by atoms with Crippen LogP contribution in [0.2, 0.25) is 0 Å². The summed E-state index contributed by atoms with van der Waals surface area (Å²) >= 11 is 0. The Kier molecular flexibility index (Phi) is 3.92. The number of pyridine rings is 1. The Morgan fingerprint density at radius 1 is 1.07 bits per heavy atom. The molecule has 7 heteroatoms. The maximum absolute atomic E-state index is 13.8. The Balaban J connectivity index is 1.83. The Labute approximate surface area is 169 Å². The van der Waals surface area contributed by atoms with Gasteiger partial charge in [0.05, 0.1) is 17.0 Å². The number of aryl methyl sites for hydroxylation is 1. The molecule has 4 aromatic rings. The van der Waals surface area contributed by atoms with Gasteiger partial charge in [0.25, 0.3) is 5.91 Å². The molecule has 0 fully saturated rings. The van der Waals surface area contributed by atoms with Crippen molar-refractivity contribution in [1.29, 1.82) is 0 Å². The molecule has 0 bridgehead atoms. The van der Waals surface area contributed by atoms with Crippen LogP contribution in [0, 0.1) is 12.7 Å². The van der Waals surface area contributed by atoms with E-state index in [1.165, 1.54) is 29.2 Å². The molecule has 2 aromatic carbocycles. The predicted octanol–water partition coefficient (Wildman–Crippen LogP) is 4.09. The normalized spacial score (nSPS) is 15.6. The number of amides is 1. The van der Waals surface area contributed by atoms with Gasteiger partial charge in [-0.25, -0.2) is 9.37 Å². The Hall–Kier alpha value is -4.00. The van der Waals surface area contributed by atoms with Crippen molar-refractivity contribution in [3.05, 3.63) is 99.3 Å². The van der Waals surface area contributed by atoms with Crippen molar-refractivity contribution in [1.82, 2.24) is 4.98 Å². The molecule has 0 saturated heterocycles. The van der Waals surface area contributed by atoms with Crippen molar-refractivity contribution in [2.45, 2.75) is 13.0 Å². The Bertz CT molecular complexity index is 1380. The van der Waals surface area contributed by atoms with Gasteiger partial charge in [-0.05, 0) is 60.5 Å². The molecule has 5 rings (SSSR count). The van der Waals surface area contributed by atoms with Crippen LogP contribution >= 0.6 is 0 Å². The number of aromatic nitrogens is 1. The first-order chi connectivity index (χ1) is 14.4. The van der Waals surface area contributed by atoms with Gasteiger partial charge in [-0.15, -0.1) is 0 Å². The molecule has 0 saturated carbocycles. The molecular weight excluding hydrogens is 387 g/mol. The molecule has 0 spiro atoms. The summed E-state index contributed by atoms with van der Waals surface area (Å²) in [5.74, 6) is -0.766. The summed E-state index contributed by atoms with van der Waals surface area (Å²) in [5, 5.41) is 9.74. The lowest BCUT2D eigenvalue weighted by Crippen LogP contribution is -2.30. The number of phenols is 1. The fourth-order valence-electron chi connectivity index (χ4n) is 3.81. The minimum Gasteiger partial charge on any atom is -0.508 e. The highest BCUT2D eigenvalue weighted by molar-refractivity contribution is 6.10. The first kappa shape index (κ1) is 18.1. The van der Waals surface area contributed by atoms with Crippen molar-refractivity contribution in [3.63, 3.8) is 0 Å². The Morgan fingerprint density at radius 3 is 2.57 bits per heavy atom. The predicted molar refractivity (Wildman–Crippen MR) is 108 cm³/mol. The molecule has 3 heterocycles. The molecule has 0 radical (unpaired) electrons. The van der Waals surface area contributed by atoms with Crippen LogP contribution in [-0.2, 0) is 0 Å². The Morgan fingerprint density at radius 2 is 1.83 bits per heavy atom. The number of phenolic OH excluding ortho intramolecular Hbond substituents is 1. The number of hydrogen-bond donors (Lipinski definition) is 1. The van der Waals surface area contributed by atoms with Gasteiger partial charge in [0.15, 0.2) is 5.43 Å². The lowest BCUT2D eigenvalue weighted by atomic mass is 9.98. The van der Waals surface area contributed by atoms with Gasteiger partial charge in [-0.1, -0.05) is 12.1 Å². The molecule has 1 aliphatic heterocycles. The van der Waals surface area contributed by atoms with E-state index >= 15 is 0 Å². The number of nitrogens with zero attached hydrogens (tertiary/aromatic N) is 2. The maximum Gasteiger partial charge on any atom is 0.296 e. The molecule has 2 aromatic heterocycles. The van der Waals surface area contributed by atoms with E-state index in [1.54, 1.807) is 30.5 Å². The fourth-order valence-corrected chi connectivity index (χ4v) is 3.81. The average molecular weight is 402 g/mol. The number of benzene rings is 2. The summed E-state index contributed by atoms with van der Waals surface area (Å²) in [5.41, 5.74) is 1.25. The lowest BCUT2D eigenvalue weighted by Gasteiger charge is -2.24. The van der Waals surface area contributed by atoms with E-state index < -0.39 is 23.2 Å². The van der Waals surface area contributed by atoms with Gasteiger partial charge in [0, 0.05) is 6.20 Å². The second kappa shape index (κ2) is 6.52. The molecule has 0 aliphatic carbocycles. The zero-order chi connectivity index (χ0) is 21.0. The van der Waals surface area contributed by atoms with Crippen LogP contribution in [-0.4, -0.2) is 16.0 Å². The maximum atomic E-state index is 13.8. The van der Waals surface area contributed by atoms with Crippen molar-refractivity contribution < 1.29 is 18.7 Å². The highest BCUT2D eigenvalue weighted by atomic mass is 19.1. The highest BCUT2D eigenvalue weighted by Crippen LogP contribution is 2.41. The molecular formula is C23H15FN2O4. The fraction of sp³-hybridized carbons (Fsp3) is 0.0870. The van der Waals surface area contributed by atoms with Gasteiger partial charge in [0.2, 0.25) is 5.76 Å². The van der Waals surface area contributed by atoms with E-state index in [2.05, 4.69) is 4.98 Å². The monoisotopic (exact) mass is 402 g/mol. The number of aromatic hydroxyl groups is 1. The zero-order valence-corrected chi connectivity index (χ0v) is 15.8. The van der Waals surface area contributed by atoms with Crippen LogP contribution in [0.1, 0.15) is 33.3 Å². The van der Waals surface area contributed by atoms with Crippen molar-refractivity contribution in [3.8, 4) is 5.75 Å². The summed E-state index contributed by atoms with van der Waals surface area (Å²) in [4.78, 5) is 32.4. The van der Waals surface area contributed by atoms with Gasteiger partial charge in [-0.3, -0.25) is 14.5 Å². The summed E-state index contributed by atoms with van der Waals surface area (Å²) in [6.45, 7) is 1.87. The molecule has 30 heavy (non-hydrogen) atoms. The first-order valence-corrected chi connectivity index (χ1v) is 9.25. The molecule has 1 unspecified atom stereocenters. The number of fused-ring (bicyclic) bond motifs is 2. The lowest BCUT2D eigenvalue weighted by molar-refractivity contribution is 0.0970. The number of hydrogen-bond acceptors (Lipinski definition) is 5. The quantitative estimate of drug-likeness (QED) is 0.546. The van der Waals surface area contributed by atoms with Gasteiger partial charge in [0.1, 0.15) is 23.0 Å². The average Bonchev–Trinajstić information content (AvgIpc) is 3.02. The van der Waals surface area contributed by atoms with E-state index in [-0.39, 0.29) is 28.0 Å². The standard InChI is InChI=1S/C23H15FN2O4/c1-12-8-9-25-18(10-12)26-20(13-2-5-15(27)6-3-13)19-21(28)16-11-14(24)4-7-17(16)30-22(19)23(26)29/h2-11,20,27H,1H3. The minimum absolute atomic E-state index is 0.0520. The number of anilines is 1. The third kappa shape index (κ3) is 2.67. The van der Waals surface area contributed by atoms with Gasteiger partial charge >= 0.3 is 0 Å². The van der Waals surface area contributed by atoms with Crippen LogP contribution in [0.15, 0.2) is 70.0 Å². The molecule has 148 valence electrons. The van der Waals surface area contributed by atoms with Crippen LogP contribution in [0.4, 0.5) is 10.2 Å². The third-order valence-electron chi connectivity index (χ3n) is 5.19. The molecule has 1 amide bonds. The second-order valence-corrected chi connectivity index (χ2v) is 7.18. The van der Waals surface area contributed by atoms with Crippen LogP contribution in [0.5, 0.6) is 5.75 Å². The van der Waals surface area contributed by atoms with E-state index in [0.29, 0.717) is 11.4 Å². The topological polar surface area (TPSA) is 83.6 Å². The summed E-state index contributed by atoms with van der Waals surface area (Å²) in [7, 11) is 0. The first-order valence-electron chi connectivity index (χ1n) is 9.25. The SMILES string of the molecule is Cc1ccnc(N2C(=O)c3oc4ccc(F)cc4c(=O)c3C2c2ccc(O)cc2)c1. The van der Waals surface area contributed by atoms with Gasteiger partial charge in [-0.2, -0.15) is 0 Å². The van der Waals surface area contributed by atoms with Crippen LogP contribution in [0.3, 0.4) is 0 Å². The van der Waals surface area contributed by atoms with Crippen molar-refractivity contribution in [2.75, 3.05) is 4.90 Å². The van der Waals surface area contributed by atoms with Crippen molar-refractivity contribution in [2.24, 2.45) is 0 Å². The van der Waals surface area contributed by atoms with Crippen LogP contribution < -0.4 is 10.3 Å². The van der Waals surface area contributed by atoms with E-state index in [9.17, 15) is 19.1 Å². The summed E-state index contributed by atoms with van der Waals surface area (Å²) in [6.07, 6.45) is 1.58. The molecule has 6 nitrogen and oxygen atoms in total. The smallest absolute Gasteiger partial charge is 0.296 e. The van der Waals surface area contributed by atoms with Crippen LogP contribution in [0.25, 0.3) is 11.0 Å². The zero-order valence-electron chi connectivity index (χ0n) is 15.8. The molecule has 1 aliphatic rings. The third-order valence-corrected chi connectivity index (χ3v) is 5.19. The van der Waals surface area contributed by atoms with E-state index in [0.717, 1.165) is 11.6 Å². The van der Waals surface area contributed by atoms with E-state index in [4.69, 9.17) is 4.42 Å². The number of carbonyl (C=O) groups excluding carboxylic acids is 1. The summed E-state index contributed by atoms with van der Waals surface area (Å²) in [6, 6.07) is 12.5. The van der Waals surface area contributed by atoms with E-state index in [1.807, 2.05) is 6.92 Å². The number of carbonyl (C=O) groups is 1. The van der Waals surface area contributed by atoms with Crippen molar-refractivity contribution >= 4 is 22.7 Å². The largest absolute Gasteiger partial charge is 0.508 e. The summed E-state index contributed by atoms with van der Waals surface area (Å²) < 4.78 is 19.6. The number of rotatable bonds is 2. The second-order valence-electron chi connectivity index (χ2n) is 7.18. The number of halogens is 1. The van der Waals surface area contributed by atoms with Gasteiger partial charge < -0.3 is 9.52 Å².